The largest absolute Gasteiger partial charge is 0.434 e. The number of amidine groups is 1. The van der Waals surface area contributed by atoms with Crippen LogP contribution in [-0.2, 0) is 9.63 Å². The Bertz CT molecular complexity index is 282. The Morgan fingerprint density at radius 1 is 1.54 bits per heavy atom. The summed E-state index contributed by atoms with van der Waals surface area (Å²) in [4.78, 5) is 23.5. The molecule has 0 aromatic heterocycles. The number of oxime groups is 2. The van der Waals surface area contributed by atoms with Crippen molar-refractivity contribution in [2.24, 2.45) is 10.3 Å². The molecule has 13 heavy (non-hydrogen) atoms. The van der Waals surface area contributed by atoms with Gasteiger partial charge in [0.1, 0.15) is 0 Å². The summed E-state index contributed by atoms with van der Waals surface area (Å²) in [6, 6.07) is 0. The Labute approximate surface area is 72.6 Å². The van der Waals surface area contributed by atoms with Crippen molar-refractivity contribution in [1.29, 1.82) is 0 Å². The Balaban J connectivity index is 4.56. The number of rotatable bonds is 2. The number of carbonyl (C=O) groups is 1. The van der Waals surface area contributed by atoms with Gasteiger partial charge in [-0.3, -0.25) is 0 Å². The van der Waals surface area contributed by atoms with Crippen molar-refractivity contribution in [1.82, 2.24) is 0 Å². The number of hydrogen-bond acceptors (Lipinski definition) is 7. The van der Waals surface area contributed by atoms with E-state index in [0.717, 1.165) is 6.92 Å². The van der Waals surface area contributed by atoms with Crippen LogP contribution in [0.1, 0.15) is 13.8 Å². The normalized spacial score (nSPS) is 12.5. The lowest BCUT2D eigenvalue weighted by Gasteiger charge is -1.94. The van der Waals surface area contributed by atoms with Gasteiger partial charge in [-0.2, -0.15) is 0 Å². The summed E-state index contributed by atoms with van der Waals surface area (Å²) < 4.78 is 0. The van der Waals surface area contributed by atoms with Crippen molar-refractivity contribution < 1.29 is 19.8 Å². The minimum atomic E-state index is -0.956. The quantitative estimate of drug-likeness (QED) is 0.164. The Morgan fingerprint density at radius 3 is 2.38 bits per heavy atom. The summed E-state index contributed by atoms with van der Waals surface area (Å²) in [5.41, 5.74) is -0.303. The summed E-state index contributed by atoms with van der Waals surface area (Å²) >= 11 is 0. The molecule has 1 N–H and O–H groups in total. The SMILES string of the molecule is CC(=O)ON=C(C)C(=NO)[N+](=O)[O-]. The Kier molecular flexibility index (Phi) is 4.07. The standard InChI is InChI=1S/C5H7N3O5/c1-3(7-13-4(2)9)5(6-10)8(11)12/h10H,1-2H3. The molecule has 0 saturated carbocycles. The molecule has 0 fully saturated rings. The molecule has 0 aromatic carbocycles. The van der Waals surface area contributed by atoms with E-state index in [2.05, 4.69) is 15.1 Å². The van der Waals surface area contributed by atoms with Gasteiger partial charge in [-0.25, -0.2) is 4.79 Å². The smallest absolute Gasteiger partial charge is 0.358 e. The van der Waals surface area contributed by atoms with Gasteiger partial charge in [0.25, 0.3) is 0 Å². The molecular formula is C5H7N3O5. The highest BCUT2D eigenvalue weighted by Crippen LogP contribution is 1.88. The fourth-order valence-electron chi connectivity index (χ4n) is 0.415. The monoisotopic (exact) mass is 189 g/mol. The van der Waals surface area contributed by atoms with E-state index in [-0.39, 0.29) is 5.71 Å². The van der Waals surface area contributed by atoms with Crippen molar-refractivity contribution in [2.45, 2.75) is 13.8 Å². The summed E-state index contributed by atoms with van der Waals surface area (Å²) in [5.74, 6) is -1.60. The lowest BCUT2D eigenvalue weighted by Crippen LogP contribution is -2.21. The van der Waals surface area contributed by atoms with Gasteiger partial charge in [0.05, 0.1) is 0 Å². The molecular weight excluding hydrogens is 182 g/mol. The van der Waals surface area contributed by atoms with E-state index in [1.807, 2.05) is 0 Å². The van der Waals surface area contributed by atoms with Gasteiger partial charge in [-0.05, 0) is 11.8 Å². The zero-order chi connectivity index (χ0) is 10.4. The van der Waals surface area contributed by atoms with Gasteiger partial charge in [0.15, 0.2) is 10.9 Å². The van der Waals surface area contributed by atoms with Gasteiger partial charge in [-0.15, -0.1) is 0 Å². The topological polar surface area (TPSA) is 114 Å². The van der Waals surface area contributed by atoms with E-state index in [1.165, 1.54) is 6.92 Å². The summed E-state index contributed by atoms with van der Waals surface area (Å²) in [6.07, 6.45) is 0. The maximum atomic E-state index is 10.2. The fraction of sp³-hybridized carbons (Fsp3) is 0.400. The van der Waals surface area contributed by atoms with Crippen molar-refractivity contribution in [3.8, 4) is 0 Å². The molecule has 0 aromatic rings. The first-order chi connectivity index (χ1) is 5.99. The van der Waals surface area contributed by atoms with Gasteiger partial charge in [-0.1, -0.05) is 5.16 Å². The summed E-state index contributed by atoms with van der Waals surface area (Å²) in [7, 11) is 0. The molecule has 0 spiro atoms. The van der Waals surface area contributed by atoms with Crippen LogP contribution in [0.5, 0.6) is 0 Å². The summed E-state index contributed by atoms with van der Waals surface area (Å²) in [6.45, 7) is 2.25. The molecule has 0 radical (unpaired) electrons. The van der Waals surface area contributed by atoms with Crippen molar-refractivity contribution in [3.05, 3.63) is 10.1 Å². The first kappa shape index (κ1) is 11.0. The lowest BCUT2D eigenvalue weighted by molar-refractivity contribution is -0.348. The van der Waals surface area contributed by atoms with E-state index >= 15 is 0 Å². The molecule has 0 aliphatic carbocycles. The van der Waals surface area contributed by atoms with Crippen LogP contribution in [0.15, 0.2) is 10.3 Å². The van der Waals surface area contributed by atoms with Crippen LogP contribution < -0.4 is 0 Å². The highest BCUT2D eigenvalue weighted by Gasteiger charge is 2.18. The Hall–Kier alpha value is -1.99. The molecule has 0 aliphatic rings. The van der Waals surface area contributed by atoms with Crippen LogP contribution in [0, 0.1) is 10.1 Å². The van der Waals surface area contributed by atoms with Gasteiger partial charge in [0.2, 0.25) is 0 Å². The molecule has 0 saturated heterocycles. The van der Waals surface area contributed by atoms with E-state index in [1.54, 1.807) is 0 Å². The minimum absolute atomic E-state index is 0.303. The van der Waals surface area contributed by atoms with Gasteiger partial charge < -0.3 is 20.2 Å². The average Bonchev–Trinajstić information content (AvgIpc) is 2.01. The third-order valence-electron chi connectivity index (χ3n) is 0.902. The van der Waals surface area contributed by atoms with E-state index < -0.39 is 16.7 Å². The molecule has 72 valence electrons. The second-order valence-corrected chi connectivity index (χ2v) is 1.94. The van der Waals surface area contributed by atoms with Crippen molar-refractivity contribution in [2.75, 3.05) is 0 Å². The molecule has 0 rings (SSSR count). The number of hydrogen-bond donors (Lipinski definition) is 1. The zero-order valence-electron chi connectivity index (χ0n) is 6.92. The molecule has 0 amide bonds. The minimum Gasteiger partial charge on any atom is -0.358 e. The molecule has 0 unspecified atom stereocenters. The predicted octanol–water partition coefficient (Wildman–Crippen LogP) is -0.0102. The highest BCUT2D eigenvalue weighted by molar-refractivity contribution is 6.36. The molecule has 0 atom stereocenters. The predicted molar refractivity (Wildman–Crippen MR) is 41.1 cm³/mol. The van der Waals surface area contributed by atoms with Crippen LogP contribution in [0.3, 0.4) is 0 Å². The second kappa shape index (κ2) is 4.80. The maximum absolute atomic E-state index is 10.2. The zero-order valence-corrected chi connectivity index (χ0v) is 6.92. The Morgan fingerprint density at radius 2 is 2.08 bits per heavy atom. The third-order valence-corrected chi connectivity index (χ3v) is 0.902. The van der Waals surface area contributed by atoms with E-state index in [0.29, 0.717) is 0 Å². The summed E-state index contributed by atoms with van der Waals surface area (Å²) in [5, 5.41) is 23.7. The van der Waals surface area contributed by atoms with Crippen LogP contribution in [0.2, 0.25) is 0 Å². The fourth-order valence-corrected chi connectivity index (χ4v) is 0.415. The van der Waals surface area contributed by atoms with Crippen LogP contribution in [-0.4, -0.2) is 27.6 Å². The van der Waals surface area contributed by atoms with Crippen molar-refractivity contribution >= 4 is 17.5 Å². The molecule has 8 heteroatoms. The molecule has 8 nitrogen and oxygen atoms in total. The number of carbonyl (C=O) groups excluding carboxylic acids is 1. The second-order valence-electron chi connectivity index (χ2n) is 1.94. The third kappa shape index (κ3) is 3.79. The first-order valence-corrected chi connectivity index (χ1v) is 3.08. The maximum Gasteiger partial charge on any atom is 0.434 e. The van der Waals surface area contributed by atoms with E-state index in [9.17, 15) is 14.9 Å². The molecule has 0 bridgehead atoms. The number of nitrogens with zero attached hydrogens (tertiary/aromatic N) is 3. The molecule has 0 aliphatic heterocycles. The van der Waals surface area contributed by atoms with Crippen LogP contribution in [0.4, 0.5) is 0 Å². The molecule has 0 heterocycles. The lowest BCUT2D eigenvalue weighted by atomic mass is 10.4. The van der Waals surface area contributed by atoms with Gasteiger partial charge >= 0.3 is 11.8 Å². The first-order valence-electron chi connectivity index (χ1n) is 3.08. The highest BCUT2D eigenvalue weighted by atomic mass is 16.7. The van der Waals surface area contributed by atoms with Crippen LogP contribution >= 0.6 is 0 Å². The van der Waals surface area contributed by atoms with Gasteiger partial charge in [0, 0.05) is 6.92 Å². The average molecular weight is 189 g/mol. The van der Waals surface area contributed by atoms with Crippen LogP contribution in [0.25, 0.3) is 0 Å². The number of nitro groups is 1. The van der Waals surface area contributed by atoms with E-state index in [4.69, 9.17) is 5.21 Å². The van der Waals surface area contributed by atoms with Crippen molar-refractivity contribution in [3.63, 3.8) is 0 Å².